The van der Waals surface area contributed by atoms with Gasteiger partial charge in [-0.2, -0.15) is 0 Å². The van der Waals surface area contributed by atoms with E-state index in [9.17, 15) is 9.59 Å². The molecule has 0 N–H and O–H groups in total. The van der Waals surface area contributed by atoms with Crippen molar-refractivity contribution in [1.82, 2.24) is 14.7 Å². The molecule has 1 spiro atoms. The first-order valence-electron chi connectivity index (χ1n) is 11.5. The van der Waals surface area contributed by atoms with E-state index in [1.165, 1.54) is 11.1 Å². The molecule has 3 aliphatic rings. The van der Waals surface area contributed by atoms with E-state index in [-0.39, 0.29) is 17.4 Å². The van der Waals surface area contributed by atoms with Crippen LogP contribution in [0.25, 0.3) is 0 Å². The van der Waals surface area contributed by atoms with E-state index in [1.807, 2.05) is 9.80 Å². The van der Waals surface area contributed by atoms with Crippen LogP contribution in [0.5, 0.6) is 0 Å². The highest BCUT2D eigenvalue weighted by Crippen LogP contribution is 2.42. The van der Waals surface area contributed by atoms with Gasteiger partial charge in [-0.05, 0) is 49.9 Å². The van der Waals surface area contributed by atoms with Crippen molar-refractivity contribution in [2.45, 2.75) is 50.6 Å². The predicted molar refractivity (Wildman–Crippen MR) is 118 cm³/mol. The molecule has 0 bridgehead atoms. The Morgan fingerprint density at radius 1 is 1.03 bits per heavy atom. The first-order chi connectivity index (χ1) is 15.0. The number of hydrogen-bond donors (Lipinski definition) is 0. The molecule has 0 aromatic heterocycles. The molecule has 4 rings (SSSR count). The number of likely N-dealkylation sites (tertiary alicyclic amines) is 2. The molecule has 2 saturated heterocycles. The third kappa shape index (κ3) is 4.72. The van der Waals surface area contributed by atoms with Gasteiger partial charge in [0, 0.05) is 51.7 Å². The molecular weight excluding hydrogens is 394 g/mol. The van der Waals surface area contributed by atoms with E-state index >= 15 is 0 Å². The van der Waals surface area contributed by atoms with Crippen LogP contribution in [0.15, 0.2) is 24.3 Å². The molecule has 0 aliphatic carbocycles. The molecule has 170 valence electrons. The minimum absolute atomic E-state index is 0.0723. The largest absolute Gasteiger partial charge is 0.447 e. The average molecular weight is 430 g/mol. The zero-order chi connectivity index (χ0) is 21.8. The van der Waals surface area contributed by atoms with Crippen LogP contribution in [0, 0.1) is 0 Å². The van der Waals surface area contributed by atoms with E-state index in [0.717, 1.165) is 65.0 Å². The number of methoxy groups -OCH3 is 1. The maximum absolute atomic E-state index is 12.2. The van der Waals surface area contributed by atoms with Crippen LogP contribution in [-0.2, 0) is 26.2 Å². The van der Waals surface area contributed by atoms with Gasteiger partial charge in [-0.25, -0.2) is 4.79 Å². The third-order valence-corrected chi connectivity index (χ3v) is 7.40. The van der Waals surface area contributed by atoms with Crippen molar-refractivity contribution in [2.24, 2.45) is 0 Å². The molecule has 7 heteroatoms. The second-order valence-electron chi connectivity index (χ2n) is 9.17. The Labute approximate surface area is 185 Å². The van der Waals surface area contributed by atoms with Gasteiger partial charge in [0.05, 0.1) is 6.61 Å². The summed E-state index contributed by atoms with van der Waals surface area (Å²) in [5, 5.41) is 0. The number of benzene rings is 1. The van der Waals surface area contributed by atoms with Crippen molar-refractivity contribution in [1.29, 1.82) is 0 Å². The van der Waals surface area contributed by atoms with Gasteiger partial charge in [0.1, 0.15) is 6.61 Å². The molecule has 1 aromatic rings. The van der Waals surface area contributed by atoms with Crippen molar-refractivity contribution < 1.29 is 19.1 Å². The summed E-state index contributed by atoms with van der Waals surface area (Å²) in [5.41, 5.74) is 2.82. The van der Waals surface area contributed by atoms with Gasteiger partial charge >= 0.3 is 6.09 Å². The van der Waals surface area contributed by atoms with Gasteiger partial charge in [-0.15, -0.1) is 0 Å². The zero-order valence-corrected chi connectivity index (χ0v) is 18.8. The molecule has 31 heavy (non-hydrogen) atoms. The Morgan fingerprint density at radius 2 is 1.74 bits per heavy atom. The van der Waals surface area contributed by atoms with Crippen LogP contribution in [0.3, 0.4) is 0 Å². The second kappa shape index (κ2) is 9.57. The zero-order valence-electron chi connectivity index (χ0n) is 18.8. The standard InChI is InChI=1S/C24H35N3O4/c1-19(28)27-17-20-5-3-4-6-22(20)24(18-27)9-13-25(14-10-24)21-7-11-26(12-8-21)23(29)31-16-15-30-2/h3-6,21H,7-18H2,1-2H3. The molecule has 3 heterocycles. The summed E-state index contributed by atoms with van der Waals surface area (Å²) in [6, 6.07) is 9.19. The van der Waals surface area contributed by atoms with Crippen LogP contribution >= 0.6 is 0 Å². The van der Waals surface area contributed by atoms with Gasteiger partial charge in [-0.1, -0.05) is 24.3 Å². The third-order valence-electron chi connectivity index (χ3n) is 7.40. The van der Waals surface area contributed by atoms with Gasteiger partial charge in [-0.3, -0.25) is 4.79 Å². The topological polar surface area (TPSA) is 62.3 Å². The number of hydrogen-bond acceptors (Lipinski definition) is 5. The fourth-order valence-electron chi connectivity index (χ4n) is 5.57. The molecule has 2 fully saturated rings. The maximum atomic E-state index is 12.2. The number of carbonyl (C=O) groups is 2. The minimum atomic E-state index is -0.226. The van der Waals surface area contributed by atoms with Crippen LogP contribution < -0.4 is 0 Å². The molecule has 0 atom stereocenters. The molecule has 3 aliphatic heterocycles. The molecule has 7 nitrogen and oxygen atoms in total. The van der Waals surface area contributed by atoms with Crippen molar-refractivity contribution in [3.8, 4) is 0 Å². The second-order valence-corrected chi connectivity index (χ2v) is 9.17. The minimum Gasteiger partial charge on any atom is -0.447 e. The summed E-state index contributed by atoms with van der Waals surface area (Å²) in [7, 11) is 1.60. The maximum Gasteiger partial charge on any atom is 0.409 e. The molecule has 0 radical (unpaired) electrons. The summed E-state index contributed by atoms with van der Waals surface area (Å²) >= 11 is 0. The van der Waals surface area contributed by atoms with Gasteiger partial charge in [0.25, 0.3) is 0 Å². The van der Waals surface area contributed by atoms with Crippen molar-refractivity contribution >= 4 is 12.0 Å². The lowest BCUT2D eigenvalue weighted by atomic mass is 9.68. The highest BCUT2D eigenvalue weighted by molar-refractivity contribution is 5.74. The Balaban J connectivity index is 1.34. The van der Waals surface area contributed by atoms with Crippen molar-refractivity contribution in [3.63, 3.8) is 0 Å². The fraction of sp³-hybridized carbons (Fsp3) is 0.667. The number of carbonyl (C=O) groups excluding carboxylic acids is 2. The van der Waals surface area contributed by atoms with Gasteiger partial charge in [0.15, 0.2) is 0 Å². The lowest BCUT2D eigenvalue weighted by Crippen LogP contribution is -2.55. The summed E-state index contributed by atoms with van der Waals surface area (Å²) in [5.74, 6) is 0.168. The average Bonchev–Trinajstić information content (AvgIpc) is 2.80. The smallest absolute Gasteiger partial charge is 0.409 e. The van der Waals surface area contributed by atoms with Crippen LogP contribution in [0.2, 0.25) is 0 Å². The number of rotatable bonds is 4. The van der Waals surface area contributed by atoms with Crippen molar-refractivity contribution in [2.75, 3.05) is 53.0 Å². The Hall–Kier alpha value is -2.12. The number of piperidine rings is 2. The molecule has 0 unspecified atom stereocenters. The summed E-state index contributed by atoms with van der Waals surface area (Å²) in [4.78, 5) is 30.8. The monoisotopic (exact) mass is 429 g/mol. The Bertz CT molecular complexity index is 783. The Kier molecular flexibility index (Phi) is 6.82. The molecule has 2 amide bonds. The normalized spacial score (nSPS) is 21.7. The van der Waals surface area contributed by atoms with Crippen LogP contribution in [0.1, 0.15) is 43.7 Å². The van der Waals surface area contributed by atoms with E-state index in [0.29, 0.717) is 19.3 Å². The molecule has 1 aromatic carbocycles. The quantitative estimate of drug-likeness (QED) is 0.689. The fourth-order valence-corrected chi connectivity index (χ4v) is 5.57. The highest BCUT2D eigenvalue weighted by Gasteiger charge is 2.43. The Morgan fingerprint density at radius 3 is 2.42 bits per heavy atom. The first kappa shape index (κ1) is 22.1. The molecular formula is C24H35N3O4. The van der Waals surface area contributed by atoms with Crippen LogP contribution in [-0.4, -0.2) is 85.8 Å². The predicted octanol–water partition coefficient (Wildman–Crippen LogP) is 2.63. The summed E-state index contributed by atoms with van der Waals surface area (Å²) < 4.78 is 10.2. The SMILES string of the molecule is COCCOC(=O)N1CCC(N2CCC3(CC2)CN(C(C)=O)Cc2ccccc23)CC1. The van der Waals surface area contributed by atoms with E-state index in [2.05, 4.69) is 29.2 Å². The van der Waals surface area contributed by atoms with Crippen LogP contribution in [0.4, 0.5) is 4.79 Å². The number of fused-ring (bicyclic) bond motifs is 2. The van der Waals surface area contributed by atoms with E-state index in [1.54, 1.807) is 14.0 Å². The van der Waals surface area contributed by atoms with E-state index < -0.39 is 0 Å². The highest BCUT2D eigenvalue weighted by atomic mass is 16.6. The summed E-state index contributed by atoms with van der Waals surface area (Å²) in [6.45, 7) is 7.58. The summed E-state index contributed by atoms with van der Waals surface area (Å²) in [6.07, 6.45) is 3.90. The van der Waals surface area contributed by atoms with E-state index in [4.69, 9.17) is 9.47 Å². The molecule has 0 saturated carbocycles. The lowest BCUT2D eigenvalue weighted by Gasteiger charge is -2.50. The first-order valence-corrected chi connectivity index (χ1v) is 11.5. The number of amides is 2. The lowest BCUT2D eigenvalue weighted by molar-refractivity contribution is -0.131. The number of nitrogens with zero attached hydrogens (tertiary/aromatic N) is 3. The number of ether oxygens (including phenoxy) is 2. The van der Waals surface area contributed by atoms with Gasteiger partial charge < -0.3 is 24.2 Å². The van der Waals surface area contributed by atoms with Gasteiger partial charge in [0.2, 0.25) is 5.91 Å². The van der Waals surface area contributed by atoms with Crippen molar-refractivity contribution in [3.05, 3.63) is 35.4 Å².